The smallest absolute Gasteiger partial charge is 0.308 e. The number of ether oxygens (including phenoxy) is 1. The Bertz CT molecular complexity index is 932. The first-order valence-electron chi connectivity index (χ1n) is 7.51. The normalized spacial score (nSPS) is 16.2. The zero-order chi connectivity index (χ0) is 19.7. The first-order chi connectivity index (χ1) is 11.9. The summed E-state index contributed by atoms with van der Waals surface area (Å²) in [6, 6.07) is 4.36. The van der Waals surface area contributed by atoms with Gasteiger partial charge in [-0.2, -0.15) is 18.8 Å². The predicted molar refractivity (Wildman–Crippen MR) is 94.8 cm³/mol. The van der Waals surface area contributed by atoms with E-state index in [1.807, 2.05) is 20.8 Å². The Kier molecular flexibility index (Phi) is 5.52. The third-order valence-electron chi connectivity index (χ3n) is 3.39. The summed E-state index contributed by atoms with van der Waals surface area (Å²) in [5.74, 6) is -2.35. The Hall–Kier alpha value is -2.26. The van der Waals surface area contributed by atoms with Gasteiger partial charge in [0.25, 0.3) is 10.0 Å². The third kappa shape index (κ3) is 4.47. The van der Waals surface area contributed by atoms with Crippen molar-refractivity contribution in [1.29, 1.82) is 0 Å². The molecule has 9 heteroatoms. The van der Waals surface area contributed by atoms with E-state index in [1.54, 1.807) is 6.07 Å². The highest BCUT2D eigenvalue weighted by Crippen LogP contribution is 2.34. The molecule has 0 aliphatic carbocycles. The van der Waals surface area contributed by atoms with Crippen LogP contribution in [0.2, 0.25) is 0 Å². The molecule has 0 saturated carbocycles. The van der Waals surface area contributed by atoms with Gasteiger partial charge in [-0.05, 0) is 34.6 Å². The van der Waals surface area contributed by atoms with Crippen molar-refractivity contribution in [3.05, 3.63) is 46.1 Å². The molecule has 1 aliphatic rings. The maximum absolute atomic E-state index is 12.7. The molecule has 1 aromatic rings. The van der Waals surface area contributed by atoms with Crippen molar-refractivity contribution in [3.63, 3.8) is 0 Å². The molecule has 26 heavy (non-hydrogen) atoms. The average Bonchev–Trinajstić information content (AvgIpc) is 2.93. The maximum atomic E-state index is 12.7. The Morgan fingerprint density at radius 2 is 1.88 bits per heavy atom. The minimum absolute atomic E-state index is 0.154. The van der Waals surface area contributed by atoms with Gasteiger partial charge < -0.3 is 14.9 Å². The molecule has 7 nitrogen and oxygen atoms in total. The summed E-state index contributed by atoms with van der Waals surface area (Å²) in [5, 5.41) is 23.5. The number of thioether (sulfide) groups is 1. The van der Waals surface area contributed by atoms with E-state index in [2.05, 4.69) is 4.40 Å². The van der Waals surface area contributed by atoms with E-state index in [-0.39, 0.29) is 26.7 Å². The molecule has 1 aliphatic heterocycles. The zero-order valence-corrected chi connectivity index (χ0v) is 16.2. The average molecular weight is 395 g/mol. The molecule has 0 radical (unpaired) electrons. The number of hydrogen-bond donors (Lipinski definition) is 0. The molecule has 1 heterocycles. The molecule has 0 fully saturated rings. The topological polar surface area (TPSA) is 119 Å². The van der Waals surface area contributed by atoms with Gasteiger partial charge in [-0.25, -0.2) is 0 Å². The second-order valence-corrected chi connectivity index (χ2v) is 8.98. The lowest BCUT2D eigenvalue weighted by Crippen LogP contribution is -2.22. The van der Waals surface area contributed by atoms with Crippen LogP contribution in [0.3, 0.4) is 0 Å². The first-order valence-corrected chi connectivity index (χ1v) is 9.83. The summed E-state index contributed by atoms with van der Waals surface area (Å²) < 4.78 is 34.0. The monoisotopic (exact) mass is 395 g/mol. The molecule has 0 atom stereocenters. The second kappa shape index (κ2) is 7.16. The lowest BCUT2D eigenvalue weighted by atomic mass is 9.87. The van der Waals surface area contributed by atoms with Crippen LogP contribution in [0.4, 0.5) is 0 Å². The molecule has 0 N–H and O–H groups in total. The molecule has 0 unspecified atom stereocenters. The molecule has 0 bridgehead atoms. The minimum atomic E-state index is -4.31. The fourth-order valence-corrected chi connectivity index (χ4v) is 3.95. The maximum Gasteiger partial charge on any atom is 0.308 e. The van der Waals surface area contributed by atoms with Crippen molar-refractivity contribution < 1.29 is 28.2 Å². The van der Waals surface area contributed by atoms with E-state index in [4.69, 9.17) is 4.74 Å². The lowest BCUT2D eigenvalue weighted by molar-refractivity contribution is -0.513. The van der Waals surface area contributed by atoms with Crippen LogP contribution in [0.1, 0.15) is 33.3 Å². The van der Waals surface area contributed by atoms with E-state index < -0.39 is 21.9 Å². The van der Waals surface area contributed by atoms with Gasteiger partial charge in [0.2, 0.25) is 0 Å². The van der Waals surface area contributed by atoms with Gasteiger partial charge >= 0.3 is 5.97 Å². The highest BCUT2D eigenvalue weighted by atomic mass is 32.2. The molecular weight excluding hydrogens is 378 g/mol. The number of rotatable bonds is 3. The van der Waals surface area contributed by atoms with Crippen LogP contribution in [0.25, 0.3) is 0 Å². The van der Waals surface area contributed by atoms with E-state index in [0.29, 0.717) is 0 Å². The molecule has 0 spiro atoms. The summed E-state index contributed by atoms with van der Waals surface area (Å²) in [5.41, 5.74) is 0.228. The van der Waals surface area contributed by atoms with Gasteiger partial charge in [0.05, 0.1) is 5.71 Å². The summed E-state index contributed by atoms with van der Waals surface area (Å²) in [6.45, 7) is 6.94. The quantitative estimate of drug-likeness (QED) is 0.428. The van der Waals surface area contributed by atoms with Crippen LogP contribution in [-0.4, -0.2) is 20.1 Å². The molecule has 140 valence electrons. The molecule has 2 rings (SSSR count). The summed E-state index contributed by atoms with van der Waals surface area (Å²) in [6.07, 6.45) is 1.27. The Balaban J connectivity index is 2.60. The zero-order valence-electron chi connectivity index (χ0n) is 14.6. The Morgan fingerprint density at radius 1 is 1.23 bits per heavy atom. The fourth-order valence-electron chi connectivity index (χ4n) is 2.13. The number of carbonyl (C=O) groups excluding carboxylic acids is 1. The number of hydrogen-bond acceptors (Lipinski definition) is 7. The van der Waals surface area contributed by atoms with E-state index in [0.717, 1.165) is 24.2 Å². The lowest BCUT2D eigenvalue weighted by Gasteiger charge is -2.21. The van der Waals surface area contributed by atoms with Crippen molar-refractivity contribution in [2.75, 3.05) is 0 Å². The van der Waals surface area contributed by atoms with Crippen LogP contribution in [0, 0.1) is 0 Å². The number of sulfonamides is 1. The SMILES string of the molecule is CC(=O)Oc1cc(C(C)(C)C)ccc1S(=O)(=O)N=C1C=CSC1=C([O-])[O-]. The van der Waals surface area contributed by atoms with Crippen molar-refractivity contribution in [3.8, 4) is 5.75 Å². The summed E-state index contributed by atoms with van der Waals surface area (Å²) in [7, 11) is -4.31. The Morgan fingerprint density at radius 3 is 2.42 bits per heavy atom. The van der Waals surface area contributed by atoms with Gasteiger partial charge in [-0.3, -0.25) is 4.79 Å². The number of esters is 1. The van der Waals surface area contributed by atoms with Gasteiger partial charge in [0.15, 0.2) is 5.75 Å². The highest BCUT2D eigenvalue weighted by molar-refractivity contribution is 8.07. The standard InChI is InChI=1S/C17H19NO6S2/c1-10(19)24-13-9-11(17(2,3)4)5-6-14(13)26(22,23)18-12-7-8-25-15(12)16(20)21/h5-9,20-21H,1-4H3/p-2. The molecule has 1 aromatic carbocycles. The molecule has 0 aromatic heterocycles. The predicted octanol–water partition coefficient (Wildman–Crippen LogP) is 1.19. The number of nitrogens with zero attached hydrogens (tertiary/aromatic N) is 1. The van der Waals surface area contributed by atoms with E-state index in [1.165, 1.54) is 23.6 Å². The largest absolute Gasteiger partial charge is 0.883 e. The number of benzene rings is 1. The van der Waals surface area contributed by atoms with Gasteiger partial charge in [-0.1, -0.05) is 38.6 Å². The van der Waals surface area contributed by atoms with Crippen molar-refractivity contribution >= 4 is 33.5 Å². The van der Waals surface area contributed by atoms with Crippen LogP contribution < -0.4 is 14.9 Å². The van der Waals surface area contributed by atoms with Crippen LogP contribution in [0.5, 0.6) is 5.75 Å². The molecule has 0 saturated heterocycles. The van der Waals surface area contributed by atoms with E-state index in [9.17, 15) is 23.4 Å². The molecular formula is C17H17NO6S2-2. The Labute approximate surface area is 156 Å². The summed E-state index contributed by atoms with van der Waals surface area (Å²) in [4.78, 5) is 10.8. The van der Waals surface area contributed by atoms with Crippen LogP contribution >= 0.6 is 11.8 Å². The van der Waals surface area contributed by atoms with Crippen molar-refractivity contribution in [1.82, 2.24) is 0 Å². The van der Waals surface area contributed by atoms with Crippen molar-refractivity contribution in [2.24, 2.45) is 4.40 Å². The third-order valence-corrected chi connectivity index (χ3v) is 5.60. The summed E-state index contributed by atoms with van der Waals surface area (Å²) >= 11 is 0.809. The molecule has 0 amide bonds. The highest BCUT2D eigenvalue weighted by Gasteiger charge is 2.25. The van der Waals surface area contributed by atoms with Gasteiger partial charge in [0, 0.05) is 11.8 Å². The number of allylic oxidation sites excluding steroid dienone is 2. The van der Waals surface area contributed by atoms with E-state index >= 15 is 0 Å². The van der Waals surface area contributed by atoms with Crippen LogP contribution in [0.15, 0.2) is 49.8 Å². The first kappa shape index (κ1) is 20.1. The van der Waals surface area contributed by atoms with Gasteiger partial charge in [-0.15, -0.1) is 0 Å². The van der Waals surface area contributed by atoms with Crippen LogP contribution in [-0.2, 0) is 20.2 Å². The second-order valence-electron chi connectivity index (χ2n) is 6.49. The minimum Gasteiger partial charge on any atom is -0.883 e. The number of carbonyl (C=O) groups is 1. The van der Waals surface area contributed by atoms with Gasteiger partial charge in [0.1, 0.15) is 4.90 Å². The fraction of sp³-hybridized carbons (Fsp3) is 0.294. The van der Waals surface area contributed by atoms with Crippen molar-refractivity contribution in [2.45, 2.75) is 38.0 Å².